The van der Waals surface area contributed by atoms with Crippen LogP contribution < -0.4 is 0 Å². The van der Waals surface area contributed by atoms with E-state index in [2.05, 4.69) is 0 Å². The maximum atomic E-state index is 10.9. The largest absolute Gasteiger partial charge is 0.303 e. The number of Topliss-reactive ketones (excluding diaryl/α,β-unsaturated/α-hetero) is 1. The Labute approximate surface area is 67.0 Å². The summed E-state index contributed by atoms with van der Waals surface area (Å²) in [4.78, 5) is 21.4. The van der Waals surface area contributed by atoms with E-state index >= 15 is 0 Å². The Bertz CT molecular complexity index is 163. The molecule has 0 bridgehead atoms. The van der Waals surface area contributed by atoms with Crippen molar-refractivity contribution >= 4 is 12.1 Å². The van der Waals surface area contributed by atoms with E-state index in [9.17, 15) is 9.59 Å². The van der Waals surface area contributed by atoms with Crippen LogP contribution in [0.2, 0.25) is 0 Å². The number of carbonyl (C=O) groups excluding carboxylic acids is 2. The molecule has 0 aromatic rings. The zero-order valence-corrected chi connectivity index (χ0v) is 6.88. The van der Waals surface area contributed by atoms with Crippen LogP contribution in [0.3, 0.4) is 0 Å². The van der Waals surface area contributed by atoms with E-state index in [-0.39, 0.29) is 17.6 Å². The number of carbonyl (C=O) groups is 2. The highest BCUT2D eigenvalue weighted by Gasteiger charge is 2.23. The lowest BCUT2D eigenvalue weighted by molar-refractivity contribution is -0.122. The van der Waals surface area contributed by atoms with Crippen LogP contribution in [0.1, 0.15) is 32.6 Å². The van der Waals surface area contributed by atoms with Gasteiger partial charge in [-0.05, 0) is 26.2 Å². The van der Waals surface area contributed by atoms with Crippen LogP contribution in [0.15, 0.2) is 0 Å². The van der Waals surface area contributed by atoms with Crippen LogP contribution in [0, 0.1) is 11.8 Å². The highest BCUT2D eigenvalue weighted by Crippen LogP contribution is 2.27. The molecule has 0 heterocycles. The summed E-state index contributed by atoms with van der Waals surface area (Å²) in [5.41, 5.74) is 0. The maximum Gasteiger partial charge on any atom is 0.132 e. The van der Waals surface area contributed by atoms with Crippen molar-refractivity contribution in [2.24, 2.45) is 11.8 Å². The minimum Gasteiger partial charge on any atom is -0.303 e. The summed E-state index contributed by atoms with van der Waals surface area (Å²) in [6.45, 7) is 1.62. The van der Waals surface area contributed by atoms with Gasteiger partial charge in [0.2, 0.25) is 0 Å². The molecule has 0 aromatic heterocycles. The quantitative estimate of drug-likeness (QED) is 0.566. The second-order valence-corrected chi connectivity index (χ2v) is 3.37. The fourth-order valence-corrected chi connectivity index (χ4v) is 1.72. The van der Waals surface area contributed by atoms with Gasteiger partial charge in [-0.25, -0.2) is 0 Å². The zero-order chi connectivity index (χ0) is 8.27. The molecule has 0 spiro atoms. The fraction of sp³-hybridized carbons (Fsp3) is 0.778. The molecular formula is C9H14O2. The Morgan fingerprint density at radius 3 is 2.73 bits per heavy atom. The molecule has 11 heavy (non-hydrogen) atoms. The van der Waals surface area contributed by atoms with Crippen molar-refractivity contribution < 1.29 is 9.59 Å². The Hall–Kier alpha value is -0.660. The van der Waals surface area contributed by atoms with Gasteiger partial charge < -0.3 is 4.79 Å². The van der Waals surface area contributed by atoms with Crippen molar-refractivity contribution in [3.05, 3.63) is 0 Å². The van der Waals surface area contributed by atoms with Crippen molar-refractivity contribution in [3.63, 3.8) is 0 Å². The van der Waals surface area contributed by atoms with Crippen molar-refractivity contribution in [1.29, 1.82) is 0 Å². The molecule has 0 amide bonds. The first-order valence-electron chi connectivity index (χ1n) is 4.19. The van der Waals surface area contributed by atoms with Crippen molar-refractivity contribution in [3.8, 4) is 0 Å². The van der Waals surface area contributed by atoms with Crippen LogP contribution in [-0.2, 0) is 9.59 Å². The summed E-state index contributed by atoms with van der Waals surface area (Å²) in [6, 6.07) is 0. The molecule has 1 rings (SSSR count). The summed E-state index contributed by atoms with van der Waals surface area (Å²) in [5.74, 6) is 0.563. The molecule has 62 valence electrons. The lowest BCUT2D eigenvalue weighted by Crippen LogP contribution is -2.21. The van der Waals surface area contributed by atoms with E-state index in [4.69, 9.17) is 0 Å². The average Bonchev–Trinajstić information content (AvgIpc) is 2.05. The molecular weight excluding hydrogens is 140 g/mol. The summed E-state index contributed by atoms with van der Waals surface area (Å²) < 4.78 is 0. The SMILES string of the molecule is CC(=O)C1CCCC(C=O)C1. The van der Waals surface area contributed by atoms with E-state index in [0.29, 0.717) is 0 Å². The third kappa shape index (κ3) is 2.14. The predicted molar refractivity (Wildman–Crippen MR) is 42.2 cm³/mol. The summed E-state index contributed by atoms with van der Waals surface area (Å²) in [7, 11) is 0. The minimum atomic E-state index is 0.151. The number of hydrogen-bond acceptors (Lipinski definition) is 2. The summed E-state index contributed by atoms with van der Waals surface area (Å²) in [6.07, 6.45) is 4.79. The van der Waals surface area contributed by atoms with Gasteiger partial charge in [0.05, 0.1) is 0 Å². The third-order valence-electron chi connectivity index (χ3n) is 2.48. The first-order valence-corrected chi connectivity index (χ1v) is 4.19. The molecule has 2 unspecified atom stereocenters. The number of rotatable bonds is 2. The normalized spacial score (nSPS) is 31.4. The molecule has 0 saturated heterocycles. The molecule has 0 N–H and O–H groups in total. The van der Waals surface area contributed by atoms with E-state index in [1.165, 1.54) is 0 Å². The number of hydrogen-bond donors (Lipinski definition) is 0. The fourth-order valence-electron chi connectivity index (χ4n) is 1.72. The second-order valence-electron chi connectivity index (χ2n) is 3.37. The van der Waals surface area contributed by atoms with Gasteiger partial charge in [-0.15, -0.1) is 0 Å². The van der Waals surface area contributed by atoms with Gasteiger partial charge in [-0.1, -0.05) is 6.42 Å². The highest BCUT2D eigenvalue weighted by molar-refractivity contribution is 5.78. The van der Waals surface area contributed by atoms with Crippen LogP contribution in [-0.4, -0.2) is 12.1 Å². The second kappa shape index (κ2) is 3.65. The minimum absolute atomic E-state index is 0.151. The van der Waals surface area contributed by atoms with Gasteiger partial charge >= 0.3 is 0 Å². The molecule has 2 heteroatoms. The monoisotopic (exact) mass is 154 g/mol. The first kappa shape index (κ1) is 8.44. The standard InChI is InChI=1S/C9H14O2/c1-7(11)9-4-2-3-8(5-9)6-10/h6,8-9H,2-5H2,1H3. The number of aldehydes is 1. The van der Waals surface area contributed by atoms with E-state index in [1.54, 1.807) is 6.92 Å². The lowest BCUT2D eigenvalue weighted by Gasteiger charge is -2.23. The van der Waals surface area contributed by atoms with Gasteiger partial charge in [-0.3, -0.25) is 4.79 Å². The molecule has 0 aliphatic heterocycles. The molecule has 1 aliphatic rings. The highest BCUT2D eigenvalue weighted by atomic mass is 16.1. The van der Waals surface area contributed by atoms with E-state index in [0.717, 1.165) is 32.0 Å². The Morgan fingerprint density at radius 1 is 1.45 bits per heavy atom. The Kier molecular flexibility index (Phi) is 2.80. The molecule has 2 nitrogen and oxygen atoms in total. The van der Waals surface area contributed by atoms with Gasteiger partial charge in [0.1, 0.15) is 12.1 Å². The zero-order valence-electron chi connectivity index (χ0n) is 6.88. The van der Waals surface area contributed by atoms with Crippen LogP contribution in [0.4, 0.5) is 0 Å². The predicted octanol–water partition coefficient (Wildman–Crippen LogP) is 1.58. The molecule has 2 atom stereocenters. The van der Waals surface area contributed by atoms with Gasteiger partial charge in [0.25, 0.3) is 0 Å². The van der Waals surface area contributed by atoms with E-state index < -0.39 is 0 Å². The average molecular weight is 154 g/mol. The summed E-state index contributed by atoms with van der Waals surface area (Å²) >= 11 is 0. The van der Waals surface area contributed by atoms with Crippen molar-refractivity contribution in [2.45, 2.75) is 32.6 Å². The van der Waals surface area contributed by atoms with Crippen LogP contribution in [0.25, 0.3) is 0 Å². The topological polar surface area (TPSA) is 34.1 Å². The van der Waals surface area contributed by atoms with Crippen molar-refractivity contribution in [1.82, 2.24) is 0 Å². The smallest absolute Gasteiger partial charge is 0.132 e. The Balaban J connectivity index is 2.45. The summed E-state index contributed by atoms with van der Waals surface area (Å²) in [5, 5.41) is 0. The van der Waals surface area contributed by atoms with Crippen molar-refractivity contribution in [2.75, 3.05) is 0 Å². The lowest BCUT2D eigenvalue weighted by atomic mass is 9.80. The molecule has 1 saturated carbocycles. The molecule has 1 aliphatic carbocycles. The number of ketones is 1. The van der Waals surface area contributed by atoms with Crippen LogP contribution in [0.5, 0.6) is 0 Å². The van der Waals surface area contributed by atoms with Crippen LogP contribution >= 0.6 is 0 Å². The first-order chi connectivity index (χ1) is 5.24. The third-order valence-corrected chi connectivity index (χ3v) is 2.48. The Morgan fingerprint density at radius 2 is 2.18 bits per heavy atom. The molecule has 0 radical (unpaired) electrons. The van der Waals surface area contributed by atoms with Gasteiger partial charge in [-0.2, -0.15) is 0 Å². The van der Waals surface area contributed by atoms with Gasteiger partial charge in [0.15, 0.2) is 0 Å². The molecule has 1 fully saturated rings. The molecule has 0 aromatic carbocycles. The van der Waals surface area contributed by atoms with Gasteiger partial charge in [0, 0.05) is 11.8 Å². The van der Waals surface area contributed by atoms with E-state index in [1.807, 2.05) is 0 Å². The maximum absolute atomic E-state index is 10.9.